The van der Waals surface area contributed by atoms with Gasteiger partial charge in [-0.3, -0.25) is 0 Å². The molecular formula is C13H10N2SSe. The standard InChI is InChI=1S/C13H10N2SSe/c1-9-13(17-15-14-9)16-12-8-4-6-10-5-2-3-7-11(10)12/h2-8H,1H3. The first-order valence-electron chi connectivity index (χ1n) is 5.29. The van der Waals surface area contributed by atoms with Crippen molar-refractivity contribution in [1.29, 1.82) is 0 Å². The monoisotopic (exact) mass is 306 g/mol. The van der Waals surface area contributed by atoms with Gasteiger partial charge in [0.1, 0.15) is 0 Å². The molecule has 1 aromatic heterocycles. The first-order valence-corrected chi connectivity index (χ1v) is 7.73. The quantitative estimate of drug-likeness (QED) is 0.680. The Morgan fingerprint density at radius 1 is 1.06 bits per heavy atom. The van der Waals surface area contributed by atoms with Gasteiger partial charge < -0.3 is 0 Å². The maximum absolute atomic E-state index is 4.11. The minimum absolute atomic E-state index is 0.172. The Balaban J connectivity index is 2.09. The number of benzene rings is 2. The summed E-state index contributed by atoms with van der Waals surface area (Å²) in [6.45, 7) is 2.03. The molecule has 2 nitrogen and oxygen atoms in total. The Morgan fingerprint density at radius 2 is 1.88 bits per heavy atom. The second-order valence-corrected chi connectivity index (χ2v) is 6.94. The van der Waals surface area contributed by atoms with Gasteiger partial charge in [-0.1, -0.05) is 0 Å². The molecule has 0 aliphatic rings. The molecule has 0 aliphatic carbocycles. The van der Waals surface area contributed by atoms with Crippen molar-refractivity contribution in [2.45, 2.75) is 15.6 Å². The average molecular weight is 305 g/mol. The molecule has 0 saturated carbocycles. The fourth-order valence-corrected chi connectivity index (χ4v) is 4.40. The van der Waals surface area contributed by atoms with E-state index in [9.17, 15) is 0 Å². The van der Waals surface area contributed by atoms with Gasteiger partial charge in [-0.15, -0.1) is 0 Å². The summed E-state index contributed by atoms with van der Waals surface area (Å²) >= 11 is 1.98. The first kappa shape index (κ1) is 11.0. The van der Waals surface area contributed by atoms with Gasteiger partial charge >= 0.3 is 110 Å². The second-order valence-electron chi connectivity index (χ2n) is 3.73. The molecule has 0 fully saturated rings. The third kappa shape index (κ3) is 2.16. The Kier molecular flexibility index (Phi) is 3.02. The first-order chi connectivity index (χ1) is 8.34. The van der Waals surface area contributed by atoms with Crippen molar-refractivity contribution in [3.8, 4) is 0 Å². The molecule has 0 saturated heterocycles. The fraction of sp³-hybridized carbons (Fsp3) is 0.0769. The fourth-order valence-electron chi connectivity index (χ4n) is 1.70. The zero-order valence-corrected chi connectivity index (χ0v) is 11.8. The van der Waals surface area contributed by atoms with Crippen LogP contribution in [0.3, 0.4) is 0 Å². The predicted molar refractivity (Wildman–Crippen MR) is 71.8 cm³/mol. The zero-order valence-electron chi connectivity index (χ0n) is 9.25. The van der Waals surface area contributed by atoms with Gasteiger partial charge in [0.25, 0.3) is 0 Å². The van der Waals surface area contributed by atoms with Crippen LogP contribution in [0.1, 0.15) is 5.69 Å². The Labute approximate surface area is 110 Å². The van der Waals surface area contributed by atoms with Gasteiger partial charge in [0.05, 0.1) is 0 Å². The molecule has 0 aliphatic heterocycles. The molecule has 0 spiro atoms. The predicted octanol–water partition coefficient (Wildman–Crippen LogP) is 3.15. The van der Waals surface area contributed by atoms with E-state index in [0.717, 1.165) is 5.69 Å². The second kappa shape index (κ2) is 4.65. The Hall–Kier alpha value is -1.09. The van der Waals surface area contributed by atoms with Crippen molar-refractivity contribution in [3.05, 3.63) is 48.2 Å². The van der Waals surface area contributed by atoms with Crippen molar-refractivity contribution in [1.82, 2.24) is 9.19 Å². The zero-order chi connectivity index (χ0) is 11.7. The third-order valence-corrected chi connectivity index (χ3v) is 5.84. The molecule has 0 amide bonds. The van der Waals surface area contributed by atoms with E-state index in [1.807, 2.05) is 18.7 Å². The van der Waals surface area contributed by atoms with E-state index in [-0.39, 0.29) is 14.7 Å². The summed E-state index contributed by atoms with van der Waals surface area (Å²) in [6.07, 6.45) is 0. The summed E-state index contributed by atoms with van der Waals surface area (Å²) in [4.78, 5) is 1.30. The van der Waals surface area contributed by atoms with Crippen LogP contribution in [0.2, 0.25) is 0 Å². The van der Waals surface area contributed by atoms with Crippen LogP contribution in [-0.4, -0.2) is 23.9 Å². The number of aromatic nitrogens is 2. The van der Waals surface area contributed by atoms with Gasteiger partial charge in [-0.25, -0.2) is 0 Å². The summed E-state index contributed by atoms with van der Waals surface area (Å²) in [5.74, 6) is 0. The van der Waals surface area contributed by atoms with Crippen molar-refractivity contribution in [2.24, 2.45) is 0 Å². The van der Waals surface area contributed by atoms with Gasteiger partial charge in [0.2, 0.25) is 0 Å². The molecule has 84 valence electrons. The SMILES string of the molecule is Cc1nn[se]c1Sc1cccc2ccccc12. The van der Waals surface area contributed by atoms with E-state index in [4.69, 9.17) is 0 Å². The van der Waals surface area contributed by atoms with E-state index < -0.39 is 0 Å². The molecule has 1 heterocycles. The molecule has 3 aromatic rings. The molecule has 0 N–H and O–H groups in total. The molecule has 0 unspecified atom stereocenters. The minimum atomic E-state index is 0.172. The maximum atomic E-state index is 4.11. The van der Waals surface area contributed by atoms with Crippen LogP contribution < -0.4 is 0 Å². The molecule has 0 radical (unpaired) electrons. The van der Waals surface area contributed by atoms with Crippen LogP contribution in [-0.2, 0) is 0 Å². The van der Waals surface area contributed by atoms with Crippen LogP contribution in [0.15, 0.2) is 51.1 Å². The average Bonchev–Trinajstić information content (AvgIpc) is 2.76. The van der Waals surface area contributed by atoms with Gasteiger partial charge in [0.15, 0.2) is 0 Å². The molecule has 2 aromatic carbocycles. The van der Waals surface area contributed by atoms with Crippen LogP contribution in [0.25, 0.3) is 10.8 Å². The van der Waals surface area contributed by atoms with Crippen LogP contribution in [0, 0.1) is 6.92 Å². The van der Waals surface area contributed by atoms with Gasteiger partial charge in [0, 0.05) is 0 Å². The van der Waals surface area contributed by atoms with E-state index in [0.29, 0.717) is 0 Å². The topological polar surface area (TPSA) is 25.8 Å². The van der Waals surface area contributed by atoms with Crippen molar-refractivity contribution >= 4 is 37.3 Å². The normalized spacial score (nSPS) is 10.9. The summed E-state index contributed by atoms with van der Waals surface area (Å²) in [5.41, 5.74) is 1.07. The third-order valence-electron chi connectivity index (χ3n) is 2.56. The van der Waals surface area contributed by atoms with E-state index in [1.54, 1.807) is 0 Å². The summed E-state index contributed by atoms with van der Waals surface area (Å²) in [7, 11) is 0. The van der Waals surface area contributed by atoms with Crippen LogP contribution in [0.4, 0.5) is 0 Å². The molecule has 4 heteroatoms. The molecule has 17 heavy (non-hydrogen) atoms. The summed E-state index contributed by atoms with van der Waals surface area (Å²) in [5, 5.41) is 6.70. The van der Waals surface area contributed by atoms with E-state index in [1.165, 1.54) is 19.4 Å². The van der Waals surface area contributed by atoms with Crippen LogP contribution >= 0.6 is 11.8 Å². The summed E-state index contributed by atoms with van der Waals surface area (Å²) < 4.78 is 5.43. The summed E-state index contributed by atoms with van der Waals surface area (Å²) in [6, 6.07) is 14.9. The van der Waals surface area contributed by atoms with Crippen molar-refractivity contribution in [3.63, 3.8) is 0 Å². The molecule has 0 bridgehead atoms. The Morgan fingerprint density at radius 3 is 2.71 bits per heavy atom. The van der Waals surface area contributed by atoms with E-state index in [2.05, 4.69) is 51.7 Å². The molecular weight excluding hydrogens is 295 g/mol. The van der Waals surface area contributed by atoms with Gasteiger partial charge in [-0.05, 0) is 0 Å². The van der Waals surface area contributed by atoms with E-state index >= 15 is 0 Å². The van der Waals surface area contributed by atoms with Crippen molar-refractivity contribution < 1.29 is 0 Å². The number of hydrogen-bond donors (Lipinski definition) is 0. The molecule has 0 atom stereocenters. The number of aryl methyl sites for hydroxylation is 1. The van der Waals surface area contributed by atoms with Crippen LogP contribution in [0.5, 0.6) is 0 Å². The van der Waals surface area contributed by atoms with Crippen molar-refractivity contribution in [2.75, 3.05) is 0 Å². The molecule has 3 rings (SSSR count). The number of hydrogen-bond acceptors (Lipinski definition) is 3. The number of nitrogens with zero attached hydrogens (tertiary/aromatic N) is 2. The van der Waals surface area contributed by atoms with Gasteiger partial charge in [-0.2, -0.15) is 0 Å². The number of rotatable bonds is 2. The number of fused-ring (bicyclic) bond motifs is 1. The Bertz CT molecular complexity index is 658.